The van der Waals surface area contributed by atoms with E-state index >= 15 is 0 Å². The third kappa shape index (κ3) is 3.31. The lowest BCUT2D eigenvalue weighted by atomic mass is 10.1. The van der Waals surface area contributed by atoms with Gasteiger partial charge in [0.25, 0.3) is 0 Å². The Hall–Kier alpha value is -2.89. The summed E-state index contributed by atoms with van der Waals surface area (Å²) in [7, 11) is 0. The number of ketones is 1. The van der Waals surface area contributed by atoms with Gasteiger partial charge in [-0.05, 0) is 30.3 Å². The van der Waals surface area contributed by atoms with Gasteiger partial charge in [0, 0.05) is 5.56 Å². The Morgan fingerprint density at radius 3 is 2.57 bits per heavy atom. The minimum absolute atomic E-state index is 0.206. The number of hydrogen-bond donors (Lipinski definition) is 0. The first-order chi connectivity index (χ1) is 11.1. The second kappa shape index (κ2) is 6.48. The van der Waals surface area contributed by atoms with E-state index < -0.39 is 24.2 Å². The van der Waals surface area contributed by atoms with E-state index in [1.54, 1.807) is 12.1 Å². The van der Waals surface area contributed by atoms with Gasteiger partial charge >= 0.3 is 5.97 Å². The zero-order valence-electron chi connectivity index (χ0n) is 12.1. The van der Waals surface area contributed by atoms with Crippen molar-refractivity contribution < 1.29 is 28.2 Å². The van der Waals surface area contributed by atoms with Crippen LogP contribution in [0.4, 0.5) is 4.39 Å². The third-order valence-corrected chi connectivity index (χ3v) is 3.29. The highest BCUT2D eigenvalue weighted by molar-refractivity contribution is 5.99. The SMILES string of the molecule is O=C(COC(=O)c1ccccc1F)c1ccc2c(c1)OCCO2. The van der Waals surface area contributed by atoms with Crippen LogP contribution in [0.5, 0.6) is 11.5 Å². The van der Waals surface area contributed by atoms with Gasteiger partial charge in [-0.25, -0.2) is 9.18 Å². The van der Waals surface area contributed by atoms with Crippen LogP contribution >= 0.6 is 0 Å². The molecule has 5 nitrogen and oxygen atoms in total. The Morgan fingerprint density at radius 2 is 1.78 bits per heavy atom. The molecular formula is C17H13FO5. The van der Waals surface area contributed by atoms with Crippen molar-refractivity contribution in [2.24, 2.45) is 0 Å². The molecule has 118 valence electrons. The second-order valence-corrected chi connectivity index (χ2v) is 4.84. The maximum absolute atomic E-state index is 13.5. The second-order valence-electron chi connectivity index (χ2n) is 4.84. The van der Waals surface area contributed by atoms with Crippen molar-refractivity contribution in [3.63, 3.8) is 0 Å². The summed E-state index contributed by atoms with van der Waals surface area (Å²) in [5.74, 6) is -0.941. The van der Waals surface area contributed by atoms with Crippen LogP contribution in [0.1, 0.15) is 20.7 Å². The maximum Gasteiger partial charge on any atom is 0.341 e. The Kier molecular flexibility index (Phi) is 4.23. The van der Waals surface area contributed by atoms with Crippen LogP contribution in [0.25, 0.3) is 0 Å². The van der Waals surface area contributed by atoms with Crippen LogP contribution in [0, 0.1) is 5.82 Å². The fourth-order valence-corrected chi connectivity index (χ4v) is 2.14. The van der Waals surface area contributed by atoms with Crippen LogP contribution in [0.2, 0.25) is 0 Å². The fourth-order valence-electron chi connectivity index (χ4n) is 2.14. The summed E-state index contributed by atoms with van der Waals surface area (Å²) in [4.78, 5) is 23.9. The van der Waals surface area contributed by atoms with Crippen LogP contribution in [-0.4, -0.2) is 31.6 Å². The Balaban J connectivity index is 1.66. The number of benzene rings is 2. The van der Waals surface area contributed by atoms with Crippen molar-refractivity contribution in [1.29, 1.82) is 0 Å². The zero-order valence-corrected chi connectivity index (χ0v) is 12.1. The van der Waals surface area contributed by atoms with E-state index in [1.165, 1.54) is 24.3 Å². The third-order valence-electron chi connectivity index (χ3n) is 3.29. The minimum atomic E-state index is -0.881. The molecule has 0 N–H and O–H groups in total. The lowest BCUT2D eigenvalue weighted by molar-refractivity contribution is 0.0470. The van der Waals surface area contributed by atoms with Gasteiger partial charge in [-0.15, -0.1) is 0 Å². The van der Waals surface area contributed by atoms with Crippen LogP contribution < -0.4 is 9.47 Å². The molecule has 2 aromatic rings. The van der Waals surface area contributed by atoms with Crippen LogP contribution in [0.3, 0.4) is 0 Å². The predicted octanol–water partition coefficient (Wildman–Crippen LogP) is 2.64. The van der Waals surface area contributed by atoms with Gasteiger partial charge in [-0.3, -0.25) is 4.79 Å². The molecule has 0 bridgehead atoms. The van der Waals surface area contributed by atoms with E-state index in [2.05, 4.69) is 0 Å². The summed E-state index contributed by atoms with van der Waals surface area (Å²) in [6.07, 6.45) is 0. The molecule has 2 aromatic carbocycles. The molecule has 1 aliphatic heterocycles. The highest BCUT2D eigenvalue weighted by Gasteiger charge is 2.18. The van der Waals surface area contributed by atoms with E-state index in [4.69, 9.17) is 14.2 Å². The quantitative estimate of drug-likeness (QED) is 0.641. The summed E-state index contributed by atoms with van der Waals surface area (Å²) in [5, 5.41) is 0. The molecule has 0 saturated carbocycles. The number of fused-ring (bicyclic) bond motifs is 1. The van der Waals surface area contributed by atoms with Crippen molar-refractivity contribution in [2.45, 2.75) is 0 Å². The molecule has 0 aliphatic carbocycles. The summed E-state index contributed by atoms with van der Waals surface area (Å²) in [6, 6.07) is 10.2. The average molecular weight is 316 g/mol. The number of esters is 1. The van der Waals surface area contributed by atoms with Gasteiger partial charge in [-0.1, -0.05) is 12.1 Å². The van der Waals surface area contributed by atoms with Crippen molar-refractivity contribution >= 4 is 11.8 Å². The molecule has 0 unspecified atom stereocenters. The van der Waals surface area contributed by atoms with Crippen LogP contribution in [0.15, 0.2) is 42.5 Å². The van der Waals surface area contributed by atoms with Crippen molar-refractivity contribution in [3.05, 3.63) is 59.4 Å². The van der Waals surface area contributed by atoms with Crippen molar-refractivity contribution in [2.75, 3.05) is 19.8 Å². The minimum Gasteiger partial charge on any atom is -0.486 e. The lowest BCUT2D eigenvalue weighted by Gasteiger charge is -2.18. The molecule has 1 aliphatic rings. The number of carbonyl (C=O) groups is 2. The first-order valence-corrected chi connectivity index (χ1v) is 6.99. The topological polar surface area (TPSA) is 61.8 Å². The average Bonchev–Trinajstić information content (AvgIpc) is 2.59. The molecular weight excluding hydrogens is 303 g/mol. The van der Waals surface area contributed by atoms with Crippen molar-refractivity contribution in [1.82, 2.24) is 0 Å². The molecule has 0 spiro atoms. The molecule has 23 heavy (non-hydrogen) atoms. The summed E-state index contributed by atoms with van der Waals surface area (Å²) >= 11 is 0. The largest absolute Gasteiger partial charge is 0.486 e. The molecule has 0 saturated heterocycles. The number of ether oxygens (including phenoxy) is 3. The van der Waals surface area contributed by atoms with E-state index in [9.17, 15) is 14.0 Å². The monoisotopic (exact) mass is 316 g/mol. The van der Waals surface area contributed by atoms with E-state index in [-0.39, 0.29) is 5.56 Å². The smallest absolute Gasteiger partial charge is 0.341 e. The normalized spacial score (nSPS) is 12.6. The summed E-state index contributed by atoms with van der Waals surface area (Å²) < 4.78 is 29.1. The molecule has 0 fully saturated rings. The number of carbonyl (C=O) groups excluding carboxylic acids is 2. The number of halogens is 1. The van der Waals surface area contributed by atoms with Gasteiger partial charge in [-0.2, -0.15) is 0 Å². The molecule has 0 aromatic heterocycles. The Bertz CT molecular complexity index is 756. The van der Waals surface area contributed by atoms with Gasteiger partial charge in [0.2, 0.25) is 0 Å². The highest BCUT2D eigenvalue weighted by atomic mass is 19.1. The number of hydrogen-bond acceptors (Lipinski definition) is 5. The predicted molar refractivity (Wildman–Crippen MR) is 78.4 cm³/mol. The van der Waals surface area contributed by atoms with Gasteiger partial charge in [0.15, 0.2) is 23.9 Å². The highest BCUT2D eigenvalue weighted by Crippen LogP contribution is 2.30. The Labute approximate surface area is 131 Å². The van der Waals surface area contributed by atoms with E-state index in [0.29, 0.717) is 30.3 Å². The first kappa shape index (κ1) is 15.0. The fraction of sp³-hybridized carbons (Fsp3) is 0.176. The Morgan fingerprint density at radius 1 is 1.04 bits per heavy atom. The maximum atomic E-state index is 13.5. The van der Waals surface area contributed by atoms with E-state index in [1.807, 2.05) is 0 Å². The summed E-state index contributed by atoms with van der Waals surface area (Å²) in [5.41, 5.74) is 0.123. The zero-order chi connectivity index (χ0) is 16.2. The van der Waals surface area contributed by atoms with Crippen LogP contribution in [-0.2, 0) is 4.74 Å². The van der Waals surface area contributed by atoms with Gasteiger partial charge in [0.05, 0.1) is 5.56 Å². The first-order valence-electron chi connectivity index (χ1n) is 6.99. The molecule has 0 atom stereocenters. The molecule has 1 heterocycles. The van der Waals surface area contributed by atoms with E-state index in [0.717, 1.165) is 6.07 Å². The lowest BCUT2D eigenvalue weighted by Crippen LogP contribution is -2.17. The van der Waals surface area contributed by atoms with Crippen molar-refractivity contribution in [3.8, 4) is 11.5 Å². The van der Waals surface area contributed by atoms with Gasteiger partial charge < -0.3 is 14.2 Å². The molecule has 0 amide bonds. The molecule has 0 radical (unpaired) electrons. The standard InChI is InChI=1S/C17H13FO5/c18-13-4-2-1-3-12(13)17(20)23-10-14(19)11-5-6-15-16(9-11)22-8-7-21-15/h1-6,9H,7-8,10H2. The number of rotatable bonds is 4. The molecule has 3 rings (SSSR count). The number of Topliss-reactive ketones (excluding diaryl/α,β-unsaturated/α-hetero) is 1. The molecule has 6 heteroatoms. The van der Waals surface area contributed by atoms with Gasteiger partial charge in [0.1, 0.15) is 19.0 Å². The summed E-state index contributed by atoms with van der Waals surface area (Å²) in [6.45, 7) is 0.389.